The molecule has 0 spiro atoms. The summed E-state index contributed by atoms with van der Waals surface area (Å²) in [6.45, 7) is 4.57. The van der Waals surface area contributed by atoms with Gasteiger partial charge in [-0.15, -0.1) is 0 Å². The zero-order valence-corrected chi connectivity index (χ0v) is 12.7. The van der Waals surface area contributed by atoms with Gasteiger partial charge in [0.15, 0.2) is 0 Å². The number of carbonyl (C=O) groups is 2. The minimum atomic E-state index is -0.0967. The number of nitrogens with one attached hydrogen (secondary N) is 2. The van der Waals surface area contributed by atoms with Gasteiger partial charge in [0.1, 0.15) is 5.69 Å². The average Bonchev–Trinajstić information content (AvgIpc) is 2.74. The second kappa shape index (κ2) is 5.77. The van der Waals surface area contributed by atoms with Crippen molar-refractivity contribution in [2.75, 3.05) is 6.54 Å². The Bertz CT molecular complexity index is 486. The van der Waals surface area contributed by atoms with Gasteiger partial charge in [-0.3, -0.25) is 9.59 Å². The number of aromatic nitrogens is 1. The van der Waals surface area contributed by atoms with Crippen LogP contribution in [0.25, 0.3) is 0 Å². The third-order valence-electron chi connectivity index (χ3n) is 3.20. The van der Waals surface area contributed by atoms with Gasteiger partial charge in [-0.25, -0.2) is 0 Å². The number of rotatable bonds is 3. The topological polar surface area (TPSA) is 63.1 Å². The molecule has 2 rings (SSSR count). The van der Waals surface area contributed by atoms with E-state index in [1.165, 1.54) is 0 Å². The van der Waals surface area contributed by atoms with Crippen LogP contribution < -0.4 is 10.6 Å². The summed E-state index contributed by atoms with van der Waals surface area (Å²) in [4.78, 5) is 23.3. The van der Waals surface area contributed by atoms with Crippen molar-refractivity contribution in [3.05, 3.63) is 22.4 Å². The molecule has 1 aromatic rings. The lowest BCUT2D eigenvalue weighted by atomic mass is 10.1. The molecule has 2 N–H and O–H groups in total. The molecule has 0 radical (unpaired) electrons. The number of hydrogen-bond acceptors (Lipinski definition) is 2. The van der Waals surface area contributed by atoms with Gasteiger partial charge in [-0.2, -0.15) is 0 Å². The molecule has 104 valence electrons. The molecule has 0 aliphatic carbocycles. The number of piperidine rings is 1. The van der Waals surface area contributed by atoms with Gasteiger partial charge in [-0.05, 0) is 42.3 Å². The zero-order valence-electron chi connectivity index (χ0n) is 11.1. The van der Waals surface area contributed by atoms with Gasteiger partial charge in [-0.1, -0.05) is 0 Å². The van der Waals surface area contributed by atoms with E-state index in [4.69, 9.17) is 0 Å². The highest BCUT2D eigenvalue weighted by Crippen LogP contribution is 2.19. The molecule has 1 aromatic heterocycles. The Hall–Kier alpha value is -1.30. The van der Waals surface area contributed by atoms with Gasteiger partial charge in [0.2, 0.25) is 5.91 Å². The molecule has 2 amide bonds. The zero-order chi connectivity index (χ0) is 14.0. The Morgan fingerprint density at radius 1 is 1.58 bits per heavy atom. The quantitative estimate of drug-likeness (QED) is 0.889. The molecule has 6 heteroatoms. The maximum Gasteiger partial charge on any atom is 0.268 e. The molecule has 2 heterocycles. The first-order chi connectivity index (χ1) is 8.97. The summed E-state index contributed by atoms with van der Waals surface area (Å²) >= 11 is 3.39. The fraction of sp³-hybridized carbons (Fsp3) is 0.538. The second-order valence-corrected chi connectivity index (χ2v) is 5.97. The Kier molecular flexibility index (Phi) is 4.29. The summed E-state index contributed by atoms with van der Waals surface area (Å²) in [7, 11) is 0. The fourth-order valence-corrected chi connectivity index (χ4v) is 2.61. The minimum Gasteiger partial charge on any atom is -0.354 e. The first-order valence-electron chi connectivity index (χ1n) is 6.42. The first-order valence-corrected chi connectivity index (χ1v) is 7.21. The Balaban J connectivity index is 2.05. The molecule has 1 fully saturated rings. The molecular weight excluding hydrogens is 310 g/mol. The summed E-state index contributed by atoms with van der Waals surface area (Å²) in [6.07, 6.45) is 3.07. The van der Waals surface area contributed by atoms with Crippen LogP contribution in [0, 0.1) is 0 Å². The lowest BCUT2D eigenvalue weighted by Gasteiger charge is -2.24. The smallest absolute Gasteiger partial charge is 0.268 e. The summed E-state index contributed by atoms with van der Waals surface area (Å²) in [5.74, 6) is -0.0423. The van der Waals surface area contributed by atoms with Crippen molar-refractivity contribution in [1.29, 1.82) is 0 Å². The van der Waals surface area contributed by atoms with Crippen molar-refractivity contribution >= 4 is 27.7 Å². The third-order valence-corrected chi connectivity index (χ3v) is 3.64. The van der Waals surface area contributed by atoms with Gasteiger partial charge < -0.3 is 15.2 Å². The maximum absolute atomic E-state index is 12.3. The van der Waals surface area contributed by atoms with Crippen molar-refractivity contribution in [1.82, 2.24) is 15.2 Å². The van der Waals surface area contributed by atoms with Crippen LogP contribution in [0.3, 0.4) is 0 Å². The molecule has 19 heavy (non-hydrogen) atoms. The molecule has 1 unspecified atom stereocenters. The summed E-state index contributed by atoms with van der Waals surface area (Å²) < 4.78 is 2.82. The van der Waals surface area contributed by atoms with Crippen molar-refractivity contribution in [3.8, 4) is 0 Å². The van der Waals surface area contributed by atoms with Gasteiger partial charge >= 0.3 is 0 Å². The van der Waals surface area contributed by atoms with Gasteiger partial charge in [0.25, 0.3) is 5.91 Å². The monoisotopic (exact) mass is 327 g/mol. The Morgan fingerprint density at radius 2 is 2.32 bits per heavy atom. The van der Waals surface area contributed by atoms with Crippen LogP contribution in [0.2, 0.25) is 0 Å². The molecule has 0 bridgehead atoms. The lowest BCUT2D eigenvalue weighted by Crippen LogP contribution is -2.48. The van der Waals surface area contributed by atoms with E-state index in [1.54, 1.807) is 0 Å². The number of amides is 2. The number of halogens is 1. The van der Waals surface area contributed by atoms with E-state index in [2.05, 4.69) is 26.6 Å². The van der Waals surface area contributed by atoms with Crippen LogP contribution in [0.5, 0.6) is 0 Å². The van der Waals surface area contributed by atoms with Crippen LogP contribution in [0.15, 0.2) is 16.7 Å². The molecule has 1 saturated heterocycles. The second-order valence-electron chi connectivity index (χ2n) is 5.06. The normalized spacial score (nSPS) is 19.4. The Morgan fingerprint density at radius 3 is 2.89 bits per heavy atom. The van der Waals surface area contributed by atoms with Crippen LogP contribution in [-0.2, 0) is 4.79 Å². The van der Waals surface area contributed by atoms with E-state index < -0.39 is 0 Å². The van der Waals surface area contributed by atoms with Crippen molar-refractivity contribution < 1.29 is 9.59 Å². The lowest BCUT2D eigenvalue weighted by molar-refractivity contribution is -0.122. The van der Waals surface area contributed by atoms with E-state index in [-0.39, 0.29) is 23.9 Å². The highest BCUT2D eigenvalue weighted by Gasteiger charge is 2.22. The van der Waals surface area contributed by atoms with E-state index in [0.29, 0.717) is 25.1 Å². The van der Waals surface area contributed by atoms with Crippen molar-refractivity contribution in [2.24, 2.45) is 0 Å². The predicted molar refractivity (Wildman–Crippen MR) is 76.0 cm³/mol. The van der Waals surface area contributed by atoms with Gasteiger partial charge in [0.05, 0.1) is 0 Å². The largest absolute Gasteiger partial charge is 0.354 e. The molecule has 1 aliphatic heterocycles. The number of hydrogen-bond donors (Lipinski definition) is 2. The number of carbonyl (C=O) groups excluding carboxylic acids is 2. The fourth-order valence-electron chi connectivity index (χ4n) is 2.17. The average molecular weight is 328 g/mol. The molecular formula is C13H18BrN3O2. The molecule has 5 nitrogen and oxygen atoms in total. The van der Waals surface area contributed by atoms with E-state index in [0.717, 1.165) is 4.47 Å². The van der Waals surface area contributed by atoms with Crippen LogP contribution in [0.1, 0.15) is 43.2 Å². The maximum atomic E-state index is 12.3. The number of nitrogens with zero attached hydrogens (tertiary/aromatic N) is 1. The first kappa shape index (κ1) is 14.1. The molecule has 0 aromatic carbocycles. The van der Waals surface area contributed by atoms with E-state index in [1.807, 2.05) is 30.7 Å². The van der Waals surface area contributed by atoms with Crippen LogP contribution in [0.4, 0.5) is 0 Å². The van der Waals surface area contributed by atoms with Crippen LogP contribution in [-0.4, -0.2) is 29.0 Å². The summed E-state index contributed by atoms with van der Waals surface area (Å²) in [5, 5.41) is 5.73. The molecule has 1 aliphatic rings. The minimum absolute atomic E-state index is 0.0134. The van der Waals surface area contributed by atoms with Gasteiger partial charge in [0, 0.05) is 35.7 Å². The van der Waals surface area contributed by atoms with E-state index in [9.17, 15) is 9.59 Å². The highest BCUT2D eigenvalue weighted by molar-refractivity contribution is 9.10. The van der Waals surface area contributed by atoms with Crippen molar-refractivity contribution in [3.63, 3.8) is 0 Å². The van der Waals surface area contributed by atoms with Crippen LogP contribution >= 0.6 is 15.9 Å². The standard InChI is InChI=1S/C13H18BrN3O2/c1-8(2)17-7-9(14)5-11(17)13(19)16-10-3-4-12(18)15-6-10/h5,7-8,10H,3-4,6H2,1-2H3,(H,15,18)(H,16,19). The van der Waals surface area contributed by atoms with E-state index >= 15 is 0 Å². The molecule has 1 atom stereocenters. The summed E-state index contributed by atoms with van der Waals surface area (Å²) in [6, 6.07) is 2.05. The predicted octanol–water partition coefficient (Wildman–Crippen LogP) is 1.84. The highest BCUT2D eigenvalue weighted by atomic mass is 79.9. The van der Waals surface area contributed by atoms with Crippen molar-refractivity contribution in [2.45, 2.75) is 38.8 Å². The third kappa shape index (κ3) is 3.37. The SMILES string of the molecule is CC(C)n1cc(Br)cc1C(=O)NC1CCC(=O)NC1. The summed E-state index contributed by atoms with van der Waals surface area (Å²) in [5.41, 5.74) is 0.638. The Labute approximate surface area is 120 Å². The molecule has 0 saturated carbocycles.